The van der Waals surface area contributed by atoms with Crippen LogP contribution in [-0.2, 0) is 5.41 Å². The van der Waals surface area contributed by atoms with E-state index in [1.807, 2.05) is 0 Å². The molecular weight excluding hydrogens is 546 g/mol. The van der Waals surface area contributed by atoms with Gasteiger partial charge in [0.15, 0.2) is 5.75 Å². The van der Waals surface area contributed by atoms with Crippen molar-refractivity contribution in [2.75, 3.05) is 4.90 Å². The van der Waals surface area contributed by atoms with Crippen molar-refractivity contribution in [2.24, 2.45) is 0 Å². The van der Waals surface area contributed by atoms with Crippen molar-refractivity contribution in [3.63, 3.8) is 0 Å². The molecule has 45 heavy (non-hydrogen) atoms. The molecule has 0 bridgehead atoms. The SMILES string of the molecule is CC1(C)c2ccccc2-c2ccc(N(c3ccccc3)c3cccc4c3Oc3ccccc3-c3c-4ccc4ccccc34)cc21. The summed E-state index contributed by atoms with van der Waals surface area (Å²) in [5, 5.41) is 2.45. The van der Waals surface area contributed by atoms with Gasteiger partial charge in [0, 0.05) is 33.5 Å². The molecule has 0 amide bonds. The summed E-state index contributed by atoms with van der Waals surface area (Å²) in [6, 6.07) is 54.5. The lowest BCUT2D eigenvalue weighted by Gasteiger charge is -2.30. The van der Waals surface area contributed by atoms with Crippen molar-refractivity contribution in [1.82, 2.24) is 0 Å². The highest BCUT2D eigenvalue weighted by atomic mass is 16.5. The second kappa shape index (κ2) is 9.70. The summed E-state index contributed by atoms with van der Waals surface area (Å²) < 4.78 is 7.03. The van der Waals surface area contributed by atoms with Crippen LogP contribution in [0.5, 0.6) is 11.5 Å². The number of benzene rings is 7. The number of hydrogen-bond donors (Lipinski definition) is 0. The van der Waals surface area contributed by atoms with Crippen molar-refractivity contribution < 1.29 is 4.74 Å². The lowest BCUT2D eigenvalue weighted by atomic mass is 9.82. The van der Waals surface area contributed by atoms with E-state index in [0.717, 1.165) is 39.7 Å². The predicted octanol–water partition coefficient (Wildman–Crippen LogP) is 12.1. The van der Waals surface area contributed by atoms with Crippen LogP contribution in [0.15, 0.2) is 152 Å². The Morgan fingerprint density at radius 1 is 0.489 bits per heavy atom. The van der Waals surface area contributed by atoms with Gasteiger partial charge < -0.3 is 9.64 Å². The average Bonchev–Trinajstić information content (AvgIpc) is 3.21. The van der Waals surface area contributed by atoms with Gasteiger partial charge in [-0.3, -0.25) is 0 Å². The highest BCUT2D eigenvalue weighted by molar-refractivity contribution is 6.07. The van der Waals surface area contributed by atoms with Gasteiger partial charge in [-0.2, -0.15) is 0 Å². The number of para-hydroxylation sites is 3. The van der Waals surface area contributed by atoms with Crippen LogP contribution >= 0.6 is 0 Å². The van der Waals surface area contributed by atoms with Gasteiger partial charge in [-0.15, -0.1) is 0 Å². The first-order valence-electron chi connectivity index (χ1n) is 15.6. The van der Waals surface area contributed by atoms with E-state index in [9.17, 15) is 0 Å². The summed E-state index contributed by atoms with van der Waals surface area (Å²) in [4.78, 5) is 2.35. The van der Waals surface area contributed by atoms with Crippen LogP contribution in [0.3, 0.4) is 0 Å². The number of ether oxygens (including phenoxy) is 1. The Kier molecular flexibility index (Phi) is 5.58. The van der Waals surface area contributed by atoms with Crippen LogP contribution in [-0.4, -0.2) is 0 Å². The Bertz CT molecular complexity index is 2280. The van der Waals surface area contributed by atoms with E-state index in [1.54, 1.807) is 0 Å². The molecule has 1 heterocycles. The molecule has 0 unspecified atom stereocenters. The normalized spacial score (nSPS) is 13.5. The minimum absolute atomic E-state index is 0.104. The molecule has 0 fully saturated rings. The zero-order chi connectivity index (χ0) is 30.1. The zero-order valence-electron chi connectivity index (χ0n) is 25.3. The Hall–Kier alpha value is -5.60. The second-order valence-electron chi connectivity index (χ2n) is 12.5. The van der Waals surface area contributed by atoms with E-state index in [1.165, 1.54) is 44.2 Å². The highest BCUT2D eigenvalue weighted by Gasteiger charge is 2.36. The van der Waals surface area contributed by atoms with Gasteiger partial charge in [0.2, 0.25) is 0 Å². The van der Waals surface area contributed by atoms with Crippen LogP contribution in [0.2, 0.25) is 0 Å². The van der Waals surface area contributed by atoms with Crippen LogP contribution in [0.1, 0.15) is 25.0 Å². The van der Waals surface area contributed by atoms with Gasteiger partial charge in [-0.1, -0.05) is 129 Å². The third-order valence-corrected chi connectivity index (χ3v) is 9.66. The predicted molar refractivity (Wildman–Crippen MR) is 187 cm³/mol. The first-order chi connectivity index (χ1) is 22.1. The van der Waals surface area contributed by atoms with Crippen molar-refractivity contribution in [3.8, 4) is 44.9 Å². The summed E-state index contributed by atoms with van der Waals surface area (Å²) in [5.74, 6) is 1.71. The van der Waals surface area contributed by atoms with Crippen LogP contribution in [0, 0.1) is 0 Å². The highest BCUT2D eigenvalue weighted by Crippen LogP contribution is 2.55. The van der Waals surface area contributed by atoms with E-state index >= 15 is 0 Å². The Labute approximate surface area is 263 Å². The molecule has 0 N–H and O–H groups in total. The molecule has 7 aromatic carbocycles. The molecule has 214 valence electrons. The third-order valence-electron chi connectivity index (χ3n) is 9.66. The van der Waals surface area contributed by atoms with Crippen LogP contribution < -0.4 is 9.64 Å². The lowest BCUT2D eigenvalue weighted by Crippen LogP contribution is -2.16. The van der Waals surface area contributed by atoms with Gasteiger partial charge in [-0.25, -0.2) is 0 Å². The fraction of sp³-hybridized carbons (Fsp3) is 0.0698. The first kappa shape index (κ1) is 25.9. The Morgan fingerprint density at radius 3 is 2.07 bits per heavy atom. The number of hydrogen-bond acceptors (Lipinski definition) is 2. The van der Waals surface area contributed by atoms with E-state index < -0.39 is 0 Å². The van der Waals surface area contributed by atoms with Gasteiger partial charge >= 0.3 is 0 Å². The summed E-state index contributed by atoms with van der Waals surface area (Å²) in [5.41, 5.74) is 13.0. The molecule has 9 rings (SSSR count). The second-order valence-corrected chi connectivity index (χ2v) is 12.5. The monoisotopic (exact) mass is 577 g/mol. The summed E-state index contributed by atoms with van der Waals surface area (Å²) in [7, 11) is 0. The molecule has 7 aromatic rings. The molecular formula is C43H31NO. The number of anilines is 3. The van der Waals surface area contributed by atoms with Gasteiger partial charge in [0.05, 0.1) is 5.69 Å². The van der Waals surface area contributed by atoms with E-state index in [-0.39, 0.29) is 5.41 Å². The van der Waals surface area contributed by atoms with Gasteiger partial charge in [-0.05, 0) is 75.0 Å². The maximum Gasteiger partial charge on any atom is 0.159 e. The molecule has 0 saturated heterocycles. The third kappa shape index (κ3) is 3.82. The number of nitrogens with zero attached hydrogens (tertiary/aromatic N) is 1. The average molecular weight is 578 g/mol. The van der Waals surface area contributed by atoms with E-state index in [0.29, 0.717) is 0 Å². The summed E-state index contributed by atoms with van der Waals surface area (Å²) >= 11 is 0. The van der Waals surface area contributed by atoms with Gasteiger partial charge in [0.25, 0.3) is 0 Å². The lowest BCUT2D eigenvalue weighted by molar-refractivity contribution is 0.489. The van der Waals surface area contributed by atoms with Crippen molar-refractivity contribution >= 4 is 27.8 Å². The molecule has 1 aliphatic heterocycles. The minimum Gasteiger partial charge on any atom is -0.454 e. The number of rotatable bonds is 3. The Morgan fingerprint density at radius 2 is 1.18 bits per heavy atom. The Balaban J connectivity index is 1.31. The smallest absolute Gasteiger partial charge is 0.159 e. The standard InChI is InChI=1S/C43H31NO/c1-43(2)37-20-10-8-17-32(37)33-26-24-30(27-38(33)43)44(29-14-4-3-5-15-29)39-21-12-19-35-34-25-23-28-13-6-7-16-31(28)41(34)36-18-9-11-22-40(36)45-42(35)39/h3-27H,1-2H3. The molecule has 0 saturated carbocycles. The van der Waals surface area contributed by atoms with Gasteiger partial charge in [0.1, 0.15) is 5.75 Å². The first-order valence-corrected chi connectivity index (χ1v) is 15.6. The molecule has 0 aromatic heterocycles. The summed E-state index contributed by atoms with van der Waals surface area (Å²) in [6.07, 6.45) is 0. The van der Waals surface area contributed by atoms with Crippen molar-refractivity contribution in [2.45, 2.75) is 19.3 Å². The fourth-order valence-corrected chi connectivity index (χ4v) is 7.51. The van der Waals surface area contributed by atoms with E-state index in [2.05, 4.69) is 170 Å². The molecule has 2 nitrogen and oxygen atoms in total. The van der Waals surface area contributed by atoms with Crippen molar-refractivity contribution in [1.29, 1.82) is 0 Å². The molecule has 0 radical (unpaired) electrons. The maximum absolute atomic E-state index is 7.03. The van der Waals surface area contributed by atoms with E-state index in [4.69, 9.17) is 4.74 Å². The largest absolute Gasteiger partial charge is 0.454 e. The molecule has 2 aliphatic rings. The van der Waals surface area contributed by atoms with Crippen molar-refractivity contribution in [3.05, 3.63) is 163 Å². The molecule has 1 aliphatic carbocycles. The molecule has 2 heteroatoms. The quantitative estimate of drug-likeness (QED) is 0.207. The summed E-state index contributed by atoms with van der Waals surface area (Å²) in [6.45, 7) is 4.67. The minimum atomic E-state index is -0.104. The molecule has 0 spiro atoms. The van der Waals surface area contributed by atoms with Crippen LogP contribution in [0.4, 0.5) is 17.1 Å². The maximum atomic E-state index is 7.03. The number of fused-ring (bicyclic) bond motifs is 10. The fourth-order valence-electron chi connectivity index (χ4n) is 7.51. The van der Waals surface area contributed by atoms with Crippen LogP contribution in [0.25, 0.3) is 44.2 Å². The molecule has 0 atom stereocenters. The topological polar surface area (TPSA) is 12.5 Å². The zero-order valence-corrected chi connectivity index (χ0v) is 25.3.